The third-order valence-electron chi connectivity index (χ3n) is 2.52. The summed E-state index contributed by atoms with van der Waals surface area (Å²) in [5.41, 5.74) is 6.25. The van der Waals surface area contributed by atoms with Crippen LogP contribution in [0.4, 0.5) is 5.69 Å². The topological polar surface area (TPSA) is 38.5 Å². The molecular formula is C12H20Cl2N2O. The number of halogens is 2. The highest BCUT2D eigenvalue weighted by Crippen LogP contribution is 2.26. The first kappa shape index (κ1) is 16.4. The fourth-order valence-electron chi connectivity index (χ4n) is 1.46. The summed E-state index contributed by atoms with van der Waals surface area (Å²) in [7, 11) is 0. The van der Waals surface area contributed by atoms with Crippen LogP contribution in [0, 0.1) is 0 Å². The molecule has 0 aliphatic heterocycles. The van der Waals surface area contributed by atoms with Crippen molar-refractivity contribution in [3.63, 3.8) is 0 Å². The number of nitrogens with two attached hydrogens (primary N) is 1. The van der Waals surface area contributed by atoms with Crippen LogP contribution in [0.2, 0.25) is 5.02 Å². The average molecular weight is 279 g/mol. The van der Waals surface area contributed by atoms with E-state index in [0.29, 0.717) is 23.1 Å². The quantitative estimate of drug-likeness (QED) is 0.813. The van der Waals surface area contributed by atoms with Gasteiger partial charge in [0, 0.05) is 12.2 Å². The maximum atomic E-state index is 5.99. The third kappa shape index (κ3) is 5.48. The lowest BCUT2D eigenvalue weighted by atomic mass is 10.3. The Morgan fingerprint density at radius 1 is 1.29 bits per heavy atom. The first-order valence-corrected chi connectivity index (χ1v) is 5.95. The van der Waals surface area contributed by atoms with Gasteiger partial charge in [-0.15, -0.1) is 12.4 Å². The molecule has 0 unspecified atom stereocenters. The SMILES string of the molecule is CCN(CC)CCOc1ccc(N)cc1Cl.Cl. The zero-order chi connectivity index (χ0) is 12.0. The second-order valence-electron chi connectivity index (χ2n) is 3.57. The number of anilines is 1. The number of nitrogens with zero attached hydrogens (tertiary/aromatic N) is 1. The summed E-state index contributed by atoms with van der Waals surface area (Å²) in [4.78, 5) is 2.30. The van der Waals surface area contributed by atoms with Crippen molar-refractivity contribution in [1.82, 2.24) is 4.90 Å². The molecule has 5 heteroatoms. The molecule has 1 aromatic carbocycles. The number of rotatable bonds is 6. The maximum Gasteiger partial charge on any atom is 0.138 e. The van der Waals surface area contributed by atoms with Crippen molar-refractivity contribution >= 4 is 29.7 Å². The van der Waals surface area contributed by atoms with Gasteiger partial charge in [0.2, 0.25) is 0 Å². The van der Waals surface area contributed by atoms with Gasteiger partial charge in [0.05, 0.1) is 5.02 Å². The molecule has 0 heterocycles. The lowest BCUT2D eigenvalue weighted by molar-refractivity contribution is 0.223. The lowest BCUT2D eigenvalue weighted by Crippen LogP contribution is -2.27. The zero-order valence-corrected chi connectivity index (χ0v) is 11.9. The van der Waals surface area contributed by atoms with E-state index in [1.54, 1.807) is 18.2 Å². The summed E-state index contributed by atoms with van der Waals surface area (Å²) in [5.74, 6) is 0.697. The third-order valence-corrected chi connectivity index (χ3v) is 2.81. The minimum atomic E-state index is 0. The van der Waals surface area contributed by atoms with Crippen molar-refractivity contribution in [3.8, 4) is 5.75 Å². The highest BCUT2D eigenvalue weighted by molar-refractivity contribution is 6.32. The normalized spacial score (nSPS) is 10.1. The summed E-state index contributed by atoms with van der Waals surface area (Å²) >= 11 is 5.99. The van der Waals surface area contributed by atoms with Crippen LogP contribution < -0.4 is 10.5 Å². The van der Waals surface area contributed by atoms with Crippen LogP contribution in [-0.4, -0.2) is 31.1 Å². The number of likely N-dealkylation sites (N-methyl/N-ethyl adjacent to an activating group) is 1. The fourth-order valence-corrected chi connectivity index (χ4v) is 1.70. The predicted molar refractivity (Wildman–Crippen MR) is 76.4 cm³/mol. The van der Waals surface area contributed by atoms with Crippen molar-refractivity contribution in [3.05, 3.63) is 23.2 Å². The number of ether oxygens (including phenoxy) is 1. The summed E-state index contributed by atoms with van der Waals surface area (Å²) in [5, 5.41) is 0.569. The molecule has 17 heavy (non-hydrogen) atoms. The Bertz CT molecular complexity index is 330. The first-order chi connectivity index (χ1) is 7.67. The molecule has 0 atom stereocenters. The second kappa shape index (κ2) is 8.45. The van der Waals surface area contributed by atoms with Crippen LogP contribution in [0.1, 0.15) is 13.8 Å². The standard InChI is InChI=1S/C12H19ClN2O.ClH/c1-3-15(4-2)7-8-16-12-6-5-10(14)9-11(12)13;/h5-6,9H,3-4,7-8,14H2,1-2H3;1H. The van der Waals surface area contributed by atoms with E-state index in [0.717, 1.165) is 19.6 Å². The van der Waals surface area contributed by atoms with Crippen molar-refractivity contribution < 1.29 is 4.74 Å². The Hall–Kier alpha value is -0.640. The van der Waals surface area contributed by atoms with Gasteiger partial charge in [-0.05, 0) is 31.3 Å². The Morgan fingerprint density at radius 2 is 1.94 bits per heavy atom. The van der Waals surface area contributed by atoms with Gasteiger partial charge in [0.25, 0.3) is 0 Å². The molecule has 0 aliphatic carbocycles. The highest BCUT2D eigenvalue weighted by Gasteiger charge is 2.03. The van der Waals surface area contributed by atoms with E-state index in [1.807, 2.05) is 0 Å². The molecule has 0 aliphatic rings. The smallest absolute Gasteiger partial charge is 0.138 e. The van der Waals surface area contributed by atoms with Gasteiger partial charge in [-0.3, -0.25) is 0 Å². The van der Waals surface area contributed by atoms with E-state index < -0.39 is 0 Å². The van der Waals surface area contributed by atoms with E-state index in [9.17, 15) is 0 Å². The Labute approximate surface area is 114 Å². The van der Waals surface area contributed by atoms with E-state index in [1.165, 1.54) is 0 Å². The summed E-state index contributed by atoms with van der Waals surface area (Å²) in [6, 6.07) is 5.30. The van der Waals surface area contributed by atoms with E-state index in [-0.39, 0.29) is 12.4 Å². The number of hydrogen-bond acceptors (Lipinski definition) is 3. The molecule has 98 valence electrons. The van der Waals surface area contributed by atoms with Gasteiger partial charge in [0.15, 0.2) is 0 Å². The summed E-state index contributed by atoms with van der Waals surface area (Å²) in [6.45, 7) is 7.91. The largest absolute Gasteiger partial charge is 0.491 e. The molecule has 1 rings (SSSR count). The Balaban J connectivity index is 0.00000256. The molecule has 0 spiro atoms. The molecule has 0 radical (unpaired) electrons. The molecule has 0 fully saturated rings. The second-order valence-corrected chi connectivity index (χ2v) is 3.97. The average Bonchev–Trinajstić information content (AvgIpc) is 2.27. The van der Waals surface area contributed by atoms with Crippen molar-refractivity contribution in [2.75, 3.05) is 32.0 Å². The van der Waals surface area contributed by atoms with Crippen molar-refractivity contribution in [2.24, 2.45) is 0 Å². The highest BCUT2D eigenvalue weighted by atomic mass is 35.5. The molecule has 1 aromatic rings. The van der Waals surface area contributed by atoms with E-state index in [2.05, 4.69) is 18.7 Å². The van der Waals surface area contributed by atoms with Crippen LogP contribution in [0.3, 0.4) is 0 Å². The van der Waals surface area contributed by atoms with Gasteiger partial charge in [0.1, 0.15) is 12.4 Å². The van der Waals surface area contributed by atoms with Crippen LogP contribution in [-0.2, 0) is 0 Å². The molecule has 3 nitrogen and oxygen atoms in total. The van der Waals surface area contributed by atoms with E-state index >= 15 is 0 Å². The molecule has 0 amide bonds. The molecule has 0 saturated carbocycles. The Morgan fingerprint density at radius 3 is 2.47 bits per heavy atom. The predicted octanol–water partition coefficient (Wildman–Crippen LogP) is 3.06. The van der Waals surface area contributed by atoms with E-state index in [4.69, 9.17) is 22.1 Å². The Kier molecular flexibility index (Phi) is 8.13. The molecule has 0 aromatic heterocycles. The monoisotopic (exact) mass is 278 g/mol. The van der Waals surface area contributed by atoms with Crippen LogP contribution >= 0.6 is 24.0 Å². The summed E-state index contributed by atoms with van der Waals surface area (Å²) in [6.07, 6.45) is 0. The maximum absolute atomic E-state index is 5.99. The van der Waals surface area contributed by atoms with Gasteiger partial charge in [-0.25, -0.2) is 0 Å². The molecule has 0 bridgehead atoms. The fraction of sp³-hybridized carbons (Fsp3) is 0.500. The minimum Gasteiger partial charge on any atom is -0.491 e. The van der Waals surface area contributed by atoms with Gasteiger partial charge < -0.3 is 15.4 Å². The number of hydrogen-bond donors (Lipinski definition) is 1. The van der Waals surface area contributed by atoms with Crippen LogP contribution in [0.5, 0.6) is 5.75 Å². The number of nitrogen functional groups attached to an aromatic ring is 1. The van der Waals surface area contributed by atoms with Crippen molar-refractivity contribution in [2.45, 2.75) is 13.8 Å². The van der Waals surface area contributed by atoms with Gasteiger partial charge in [-0.2, -0.15) is 0 Å². The molecular weight excluding hydrogens is 259 g/mol. The first-order valence-electron chi connectivity index (χ1n) is 5.57. The molecule has 2 N–H and O–H groups in total. The lowest BCUT2D eigenvalue weighted by Gasteiger charge is -2.18. The van der Waals surface area contributed by atoms with Gasteiger partial charge >= 0.3 is 0 Å². The van der Waals surface area contributed by atoms with Crippen LogP contribution in [0.15, 0.2) is 18.2 Å². The zero-order valence-electron chi connectivity index (χ0n) is 10.3. The van der Waals surface area contributed by atoms with Gasteiger partial charge in [-0.1, -0.05) is 25.4 Å². The van der Waals surface area contributed by atoms with Crippen molar-refractivity contribution in [1.29, 1.82) is 0 Å². The van der Waals surface area contributed by atoms with Crippen LogP contribution in [0.25, 0.3) is 0 Å². The summed E-state index contributed by atoms with van der Waals surface area (Å²) < 4.78 is 5.60. The molecule has 0 saturated heterocycles. The number of benzene rings is 1. The minimum absolute atomic E-state index is 0.